The summed E-state index contributed by atoms with van der Waals surface area (Å²) in [4.78, 5) is 21.0. The molecule has 0 aliphatic rings. The Morgan fingerprint density at radius 3 is 2.73 bits per heavy atom. The van der Waals surface area contributed by atoms with Crippen LogP contribution in [0, 0.1) is 0 Å². The van der Waals surface area contributed by atoms with Gasteiger partial charge in [-0.1, -0.05) is 19.9 Å². The highest BCUT2D eigenvalue weighted by Gasteiger charge is 2.06. The topological polar surface area (TPSA) is 46.2 Å². The van der Waals surface area contributed by atoms with Crippen molar-refractivity contribution in [2.45, 2.75) is 25.8 Å². The van der Waals surface area contributed by atoms with Crippen molar-refractivity contribution in [1.82, 2.24) is 5.32 Å². The van der Waals surface area contributed by atoms with E-state index in [0.29, 0.717) is 6.42 Å². The van der Waals surface area contributed by atoms with Crippen molar-refractivity contribution in [3.05, 3.63) is 12.7 Å². The van der Waals surface area contributed by atoms with Gasteiger partial charge in [-0.2, -0.15) is 0 Å². The Balaban J connectivity index is 3.76. The minimum atomic E-state index is -0.356. The minimum absolute atomic E-state index is 0.296. The van der Waals surface area contributed by atoms with E-state index in [9.17, 15) is 9.59 Å². The standard InChI is InChI=1S/C8H13NO2/c1-3-5-7(6-10)9-8(11)4-2/h4,6-7H,2-3,5H2,1H3,(H,9,11). The lowest BCUT2D eigenvalue weighted by Crippen LogP contribution is -2.34. The Morgan fingerprint density at radius 1 is 1.73 bits per heavy atom. The van der Waals surface area contributed by atoms with Crippen LogP contribution in [-0.4, -0.2) is 18.2 Å². The van der Waals surface area contributed by atoms with Crippen molar-refractivity contribution in [3.63, 3.8) is 0 Å². The molecule has 0 saturated heterocycles. The number of carbonyl (C=O) groups is 2. The molecule has 1 N–H and O–H groups in total. The molecule has 0 aliphatic carbocycles. The summed E-state index contributed by atoms with van der Waals surface area (Å²) < 4.78 is 0. The van der Waals surface area contributed by atoms with Gasteiger partial charge in [-0.15, -0.1) is 0 Å². The van der Waals surface area contributed by atoms with E-state index >= 15 is 0 Å². The summed E-state index contributed by atoms with van der Waals surface area (Å²) in [5.74, 6) is -0.296. The van der Waals surface area contributed by atoms with Crippen LogP contribution in [0.5, 0.6) is 0 Å². The van der Waals surface area contributed by atoms with Crippen molar-refractivity contribution < 1.29 is 9.59 Å². The van der Waals surface area contributed by atoms with Gasteiger partial charge in [-0.3, -0.25) is 4.79 Å². The molecule has 3 heteroatoms. The van der Waals surface area contributed by atoms with Crippen LogP contribution in [0.25, 0.3) is 0 Å². The molecule has 0 aromatic carbocycles. The van der Waals surface area contributed by atoms with Gasteiger partial charge in [0.25, 0.3) is 0 Å². The molecule has 0 fully saturated rings. The second-order valence-corrected chi connectivity index (χ2v) is 2.24. The van der Waals surface area contributed by atoms with Crippen molar-refractivity contribution in [2.24, 2.45) is 0 Å². The number of nitrogens with one attached hydrogen (secondary N) is 1. The molecular formula is C8H13NO2. The number of hydrogen-bond acceptors (Lipinski definition) is 2. The predicted octanol–water partition coefficient (Wildman–Crippen LogP) is 0.656. The van der Waals surface area contributed by atoms with Crippen molar-refractivity contribution in [1.29, 1.82) is 0 Å². The first-order valence-corrected chi connectivity index (χ1v) is 3.62. The summed E-state index contributed by atoms with van der Waals surface area (Å²) in [5, 5.41) is 2.49. The third-order valence-electron chi connectivity index (χ3n) is 1.28. The lowest BCUT2D eigenvalue weighted by molar-refractivity contribution is -0.120. The van der Waals surface area contributed by atoms with E-state index in [1.807, 2.05) is 6.92 Å². The summed E-state index contributed by atoms with van der Waals surface area (Å²) in [6.07, 6.45) is 3.46. The van der Waals surface area contributed by atoms with Gasteiger partial charge in [0.2, 0.25) is 5.91 Å². The van der Waals surface area contributed by atoms with Crippen LogP contribution in [0.15, 0.2) is 12.7 Å². The van der Waals surface area contributed by atoms with E-state index in [4.69, 9.17) is 0 Å². The predicted molar refractivity (Wildman–Crippen MR) is 43.1 cm³/mol. The second-order valence-electron chi connectivity index (χ2n) is 2.24. The zero-order valence-corrected chi connectivity index (χ0v) is 6.67. The van der Waals surface area contributed by atoms with Gasteiger partial charge in [0.1, 0.15) is 6.29 Å². The Morgan fingerprint density at radius 2 is 2.36 bits per heavy atom. The van der Waals surface area contributed by atoms with Gasteiger partial charge in [-0.05, 0) is 12.5 Å². The number of carbonyl (C=O) groups excluding carboxylic acids is 2. The molecule has 1 atom stereocenters. The minimum Gasteiger partial charge on any atom is -0.343 e. The number of aldehydes is 1. The third-order valence-corrected chi connectivity index (χ3v) is 1.28. The van der Waals surface area contributed by atoms with E-state index in [-0.39, 0.29) is 11.9 Å². The van der Waals surface area contributed by atoms with E-state index < -0.39 is 0 Å². The third kappa shape index (κ3) is 4.31. The molecule has 11 heavy (non-hydrogen) atoms. The van der Waals surface area contributed by atoms with Crippen molar-refractivity contribution in [3.8, 4) is 0 Å². The molecule has 0 saturated carbocycles. The second kappa shape index (κ2) is 5.65. The highest BCUT2D eigenvalue weighted by molar-refractivity contribution is 5.88. The maximum atomic E-state index is 10.7. The Labute approximate surface area is 66.5 Å². The van der Waals surface area contributed by atoms with Crippen LogP contribution in [-0.2, 0) is 9.59 Å². The van der Waals surface area contributed by atoms with Gasteiger partial charge >= 0.3 is 0 Å². The maximum absolute atomic E-state index is 10.7. The van der Waals surface area contributed by atoms with Gasteiger partial charge in [0, 0.05) is 0 Å². The Kier molecular flexibility index (Phi) is 5.07. The summed E-state index contributed by atoms with van der Waals surface area (Å²) in [6, 6.07) is -0.356. The number of rotatable bonds is 5. The first-order valence-electron chi connectivity index (χ1n) is 3.62. The first-order chi connectivity index (χ1) is 5.24. The summed E-state index contributed by atoms with van der Waals surface area (Å²) in [7, 11) is 0. The van der Waals surface area contributed by atoms with Crippen LogP contribution in [0.3, 0.4) is 0 Å². The zero-order valence-electron chi connectivity index (χ0n) is 6.67. The van der Waals surface area contributed by atoms with E-state index in [2.05, 4.69) is 11.9 Å². The molecule has 1 unspecified atom stereocenters. The van der Waals surface area contributed by atoms with Crippen LogP contribution in [0.2, 0.25) is 0 Å². The maximum Gasteiger partial charge on any atom is 0.243 e. The zero-order chi connectivity index (χ0) is 8.69. The van der Waals surface area contributed by atoms with Crippen LogP contribution in [0.1, 0.15) is 19.8 Å². The molecule has 0 spiro atoms. The van der Waals surface area contributed by atoms with Crippen molar-refractivity contribution in [2.75, 3.05) is 0 Å². The molecule has 3 nitrogen and oxygen atoms in total. The largest absolute Gasteiger partial charge is 0.343 e. The van der Waals surface area contributed by atoms with Crippen LogP contribution in [0.4, 0.5) is 0 Å². The average molecular weight is 155 g/mol. The van der Waals surface area contributed by atoms with Gasteiger partial charge in [0.15, 0.2) is 0 Å². The fraction of sp³-hybridized carbons (Fsp3) is 0.500. The van der Waals surface area contributed by atoms with Gasteiger partial charge < -0.3 is 10.1 Å². The summed E-state index contributed by atoms with van der Waals surface area (Å²) in [5.41, 5.74) is 0. The molecule has 0 aromatic heterocycles. The van der Waals surface area contributed by atoms with E-state index in [1.54, 1.807) is 0 Å². The average Bonchev–Trinajstić information content (AvgIpc) is 2.03. The summed E-state index contributed by atoms with van der Waals surface area (Å²) in [6.45, 7) is 5.24. The quantitative estimate of drug-likeness (QED) is 0.468. The molecule has 0 aliphatic heterocycles. The molecular weight excluding hydrogens is 142 g/mol. The Bertz CT molecular complexity index is 154. The molecule has 0 aromatic rings. The highest BCUT2D eigenvalue weighted by Crippen LogP contribution is 1.92. The number of amides is 1. The SMILES string of the molecule is C=CC(=O)NC(C=O)CCC. The molecule has 62 valence electrons. The highest BCUT2D eigenvalue weighted by atomic mass is 16.2. The summed E-state index contributed by atoms with van der Waals surface area (Å²) >= 11 is 0. The normalized spacial score (nSPS) is 11.7. The first kappa shape index (κ1) is 9.88. The lowest BCUT2D eigenvalue weighted by atomic mass is 10.2. The van der Waals surface area contributed by atoms with Gasteiger partial charge in [0.05, 0.1) is 6.04 Å². The molecule has 0 heterocycles. The smallest absolute Gasteiger partial charge is 0.243 e. The Hall–Kier alpha value is -1.12. The molecule has 0 radical (unpaired) electrons. The van der Waals surface area contributed by atoms with Gasteiger partial charge in [-0.25, -0.2) is 0 Å². The van der Waals surface area contributed by atoms with E-state index in [1.165, 1.54) is 0 Å². The van der Waals surface area contributed by atoms with Crippen LogP contribution < -0.4 is 5.32 Å². The molecule has 1 amide bonds. The van der Waals surface area contributed by atoms with Crippen molar-refractivity contribution >= 4 is 12.2 Å². The number of hydrogen-bond donors (Lipinski definition) is 1. The molecule has 0 bridgehead atoms. The lowest BCUT2D eigenvalue weighted by Gasteiger charge is -2.08. The fourth-order valence-corrected chi connectivity index (χ4v) is 0.727. The fourth-order valence-electron chi connectivity index (χ4n) is 0.727. The molecule has 0 rings (SSSR count). The van der Waals surface area contributed by atoms with Crippen LogP contribution >= 0.6 is 0 Å². The van der Waals surface area contributed by atoms with E-state index in [0.717, 1.165) is 18.8 Å². The monoisotopic (exact) mass is 155 g/mol.